The summed E-state index contributed by atoms with van der Waals surface area (Å²) in [5, 5.41) is 4.30. The van der Waals surface area contributed by atoms with E-state index in [0.717, 1.165) is 40.8 Å². The van der Waals surface area contributed by atoms with Crippen LogP contribution < -0.4 is 5.32 Å². The third-order valence-corrected chi connectivity index (χ3v) is 3.32. The number of aryl methyl sites for hydroxylation is 2. The average molecular weight is 263 g/mol. The van der Waals surface area contributed by atoms with E-state index >= 15 is 0 Å². The number of nitrogens with one attached hydrogen (secondary N) is 1. The Kier molecular flexibility index (Phi) is 4.25. The summed E-state index contributed by atoms with van der Waals surface area (Å²) in [6.07, 6.45) is 0.856. The van der Waals surface area contributed by atoms with E-state index < -0.39 is 0 Å². The number of halogens is 1. The van der Waals surface area contributed by atoms with Gasteiger partial charge in [-0.15, -0.1) is 0 Å². The van der Waals surface area contributed by atoms with E-state index in [2.05, 4.69) is 26.1 Å². The highest BCUT2D eigenvalue weighted by Gasteiger charge is 2.15. The highest BCUT2D eigenvalue weighted by atomic mass is 19.1. The van der Waals surface area contributed by atoms with Crippen LogP contribution in [0.25, 0.3) is 11.0 Å². The fraction of sp³-hybridized carbons (Fsp3) is 0.500. The van der Waals surface area contributed by atoms with Crippen molar-refractivity contribution in [2.75, 3.05) is 6.54 Å². The third kappa shape index (κ3) is 2.98. The van der Waals surface area contributed by atoms with Gasteiger partial charge < -0.3 is 9.73 Å². The summed E-state index contributed by atoms with van der Waals surface area (Å²) in [6.45, 7) is 9.97. The first kappa shape index (κ1) is 14.1. The van der Waals surface area contributed by atoms with Crippen LogP contribution in [0.3, 0.4) is 0 Å². The molecule has 0 saturated heterocycles. The lowest BCUT2D eigenvalue weighted by atomic mass is 10.1. The highest BCUT2D eigenvalue weighted by Crippen LogP contribution is 2.29. The first-order valence-corrected chi connectivity index (χ1v) is 6.94. The van der Waals surface area contributed by atoms with E-state index in [9.17, 15) is 4.39 Å². The van der Waals surface area contributed by atoms with Crippen molar-refractivity contribution in [1.82, 2.24) is 5.32 Å². The molecular formula is C16H22FNO. The normalized spacial score (nSPS) is 11.7. The van der Waals surface area contributed by atoms with Gasteiger partial charge in [0.1, 0.15) is 17.2 Å². The van der Waals surface area contributed by atoms with Gasteiger partial charge in [-0.3, -0.25) is 0 Å². The van der Waals surface area contributed by atoms with Gasteiger partial charge in [-0.1, -0.05) is 20.8 Å². The standard InChI is InChI=1S/C16H22FNO/c1-5-13-14-7-12(17)6-11(4)16(14)19-15(13)9-18-8-10(2)3/h6-7,10,18H,5,8-9H2,1-4H3. The summed E-state index contributed by atoms with van der Waals surface area (Å²) in [7, 11) is 0. The van der Waals surface area contributed by atoms with E-state index in [1.54, 1.807) is 6.07 Å². The molecule has 2 nitrogen and oxygen atoms in total. The van der Waals surface area contributed by atoms with Crippen molar-refractivity contribution in [3.8, 4) is 0 Å². The molecule has 0 atom stereocenters. The Morgan fingerprint density at radius 1 is 1.32 bits per heavy atom. The SMILES string of the molecule is CCc1c(CNCC(C)C)oc2c(C)cc(F)cc12. The van der Waals surface area contributed by atoms with E-state index in [1.807, 2.05) is 6.92 Å². The van der Waals surface area contributed by atoms with Gasteiger partial charge in [-0.2, -0.15) is 0 Å². The minimum absolute atomic E-state index is 0.192. The molecule has 0 bridgehead atoms. The summed E-state index contributed by atoms with van der Waals surface area (Å²) in [4.78, 5) is 0. The second kappa shape index (κ2) is 5.74. The molecule has 0 fully saturated rings. The maximum atomic E-state index is 13.5. The molecule has 104 valence electrons. The maximum Gasteiger partial charge on any atom is 0.137 e. The second-order valence-electron chi connectivity index (χ2n) is 5.48. The van der Waals surface area contributed by atoms with Gasteiger partial charge in [0.2, 0.25) is 0 Å². The predicted octanol–water partition coefficient (Wildman–Crippen LogP) is 4.19. The van der Waals surface area contributed by atoms with Gasteiger partial charge in [0.25, 0.3) is 0 Å². The lowest BCUT2D eigenvalue weighted by Gasteiger charge is -2.06. The summed E-state index contributed by atoms with van der Waals surface area (Å²) in [5.41, 5.74) is 2.80. The number of hydrogen-bond acceptors (Lipinski definition) is 2. The quantitative estimate of drug-likeness (QED) is 0.875. The Morgan fingerprint density at radius 2 is 2.05 bits per heavy atom. The molecule has 0 radical (unpaired) electrons. The third-order valence-electron chi connectivity index (χ3n) is 3.32. The van der Waals surface area contributed by atoms with Gasteiger partial charge in [-0.25, -0.2) is 4.39 Å². The van der Waals surface area contributed by atoms with Crippen LogP contribution in [0.4, 0.5) is 4.39 Å². The largest absolute Gasteiger partial charge is 0.459 e. The molecule has 1 heterocycles. The van der Waals surface area contributed by atoms with Crippen LogP contribution in [0.1, 0.15) is 37.7 Å². The van der Waals surface area contributed by atoms with E-state index in [1.165, 1.54) is 6.07 Å². The molecule has 2 aromatic rings. The van der Waals surface area contributed by atoms with Crippen molar-refractivity contribution in [1.29, 1.82) is 0 Å². The van der Waals surface area contributed by atoms with Crippen LogP contribution >= 0.6 is 0 Å². The lowest BCUT2D eigenvalue weighted by Crippen LogP contribution is -2.19. The Labute approximate surface area is 114 Å². The fourth-order valence-corrected chi connectivity index (χ4v) is 2.43. The van der Waals surface area contributed by atoms with Gasteiger partial charge in [0, 0.05) is 10.9 Å². The van der Waals surface area contributed by atoms with E-state index in [-0.39, 0.29) is 5.82 Å². The fourth-order valence-electron chi connectivity index (χ4n) is 2.43. The molecule has 19 heavy (non-hydrogen) atoms. The van der Waals surface area contributed by atoms with Gasteiger partial charge >= 0.3 is 0 Å². The van der Waals surface area contributed by atoms with Crippen LogP contribution in [0.15, 0.2) is 16.5 Å². The van der Waals surface area contributed by atoms with Crippen LogP contribution in [-0.4, -0.2) is 6.54 Å². The molecule has 0 saturated carbocycles. The summed E-state index contributed by atoms with van der Waals surface area (Å²) < 4.78 is 19.5. The van der Waals surface area contributed by atoms with Crippen LogP contribution in [0, 0.1) is 18.7 Å². The van der Waals surface area contributed by atoms with Crippen LogP contribution in [0.2, 0.25) is 0 Å². The van der Waals surface area contributed by atoms with Crippen molar-refractivity contribution in [3.63, 3.8) is 0 Å². The molecule has 0 spiro atoms. The number of rotatable bonds is 5. The first-order valence-electron chi connectivity index (χ1n) is 6.94. The van der Waals surface area contributed by atoms with Crippen molar-refractivity contribution >= 4 is 11.0 Å². The van der Waals surface area contributed by atoms with Crippen molar-refractivity contribution < 1.29 is 8.81 Å². The zero-order chi connectivity index (χ0) is 14.0. The van der Waals surface area contributed by atoms with Gasteiger partial charge in [0.05, 0.1) is 6.54 Å². The number of fused-ring (bicyclic) bond motifs is 1. The summed E-state index contributed by atoms with van der Waals surface area (Å²) in [6, 6.07) is 3.10. The molecule has 0 unspecified atom stereocenters. The number of hydrogen-bond donors (Lipinski definition) is 1. The zero-order valence-electron chi connectivity index (χ0n) is 12.1. The summed E-state index contributed by atoms with van der Waals surface area (Å²) in [5.74, 6) is 1.35. The highest BCUT2D eigenvalue weighted by molar-refractivity contribution is 5.85. The Morgan fingerprint density at radius 3 is 2.68 bits per heavy atom. The van der Waals surface area contributed by atoms with Crippen molar-refractivity contribution in [3.05, 3.63) is 34.8 Å². The number of benzene rings is 1. The Hall–Kier alpha value is -1.35. The minimum atomic E-state index is -0.192. The van der Waals surface area contributed by atoms with Crippen molar-refractivity contribution in [2.45, 2.75) is 40.7 Å². The average Bonchev–Trinajstić information content (AvgIpc) is 2.66. The van der Waals surface area contributed by atoms with Crippen LogP contribution in [-0.2, 0) is 13.0 Å². The van der Waals surface area contributed by atoms with Gasteiger partial charge in [-0.05, 0) is 43.5 Å². The molecular weight excluding hydrogens is 241 g/mol. The van der Waals surface area contributed by atoms with E-state index in [0.29, 0.717) is 12.5 Å². The maximum absolute atomic E-state index is 13.5. The van der Waals surface area contributed by atoms with Gasteiger partial charge in [0.15, 0.2) is 0 Å². The Bertz CT molecular complexity index is 572. The molecule has 3 heteroatoms. The molecule has 1 aromatic carbocycles. The summed E-state index contributed by atoms with van der Waals surface area (Å²) >= 11 is 0. The lowest BCUT2D eigenvalue weighted by molar-refractivity contribution is 0.480. The van der Waals surface area contributed by atoms with E-state index in [4.69, 9.17) is 4.42 Å². The smallest absolute Gasteiger partial charge is 0.137 e. The molecule has 1 N–H and O–H groups in total. The zero-order valence-corrected chi connectivity index (χ0v) is 12.1. The minimum Gasteiger partial charge on any atom is -0.459 e. The molecule has 0 amide bonds. The predicted molar refractivity (Wildman–Crippen MR) is 76.8 cm³/mol. The molecule has 0 aliphatic heterocycles. The second-order valence-corrected chi connectivity index (χ2v) is 5.48. The molecule has 0 aliphatic rings. The molecule has 2 rings (SSSR count). The monoisotopic (exact) mass is 263 g/mol. The number of furan rings is 1. The Balaban J connectivity index is 2.36. The topological polar surface area (TPSA) is 25.2 Å². The first-order chi connectivity index (χ1) is 9.02. The van der Waals surface area contributed by atoms with Crippen LogP contribution in [0.5, 0.6) is 0 Å². The van der Waals surface area contributed by atoms with Crippen molar-refractivity contribution in [2.24, 2.45) is 5.92 Å². The molecule has 0 aliphatic carbocycles. The molecule has 1 aromatic heterocycles.